The molecule has 2 rings (SSSR count). The van der Waals surface area contributed by atoms with E-state index in [-0.39, 0.29) is 11.0 Å². The summed E-state index contributed by atoms with van der Waals surface area (Å²) in [5, 5.41) is 10.4. The van der Waals surface area contributed by atoms with Gasteiger partial charge in [0.15, 0.2) is 5.41 Å². The van der Waals surface area contributed by atoms with E-state index >= 15 is 0 Å². The third kappa shape index (κ3) is 2.39. The molecule has 0 saturated carbocycles. The number of carbonyl (C=O) groups is 1. The maximum absolute atomic E-state index is 12.0. The number of aliphatic carboxylic acids is 1. The summed E-state index contributed by atoms with van der Waals surface area (Å²) in [5.41, 5.74) is 10.5. The molecule has 0 spiro atoms. The Labute approximate surface area is 131 Å². The van der Waals surface area contributed by atoms with Crippen LogP contribution in [0.25, 0.3) is 0 Å². The highest BCUT2D eigenvalue weighted by molar-refractivity contribution is 6.36. The number of rotatable bonds is 3. The lowest BCUT2D eigenvalue weighted by atomic mass is 9.72. The lowest BCUT2D eigenvalue weighted by Crippen LogP contribution is -2.58. The predicted octanol–water partition coefficient (Wildman–Crippen LogP) is 1.78. The molecule has 2 atom stereocenters. The Kier molecular flexibility index (Phi) is 4.22. The Morgan fingerprint density at radius 2 is 2.14 bits per heavy atom. The highest BCUT2D eigenvalue weighted by Gasteiger charge is 2.53. The van der Waals surface area contributed by atoms with Gasteiger partial charge in [-0.25, -0.2) is 9.98 Å². The van der Waals surface area contributed by atoms with E-state index < -0.39 is 17.6 Å². The van der Waals surface area contributed by atoms with Gasteiger partial charge in [0.05, 0.1) is 0 Å². The maximum atomic E-state index is 12.0. The smallest absolute Gasteiger partial charge is 0.323 e. The van der Waals surface area contributed by atoms with Crippen molar-refractivity contribution < 1.29 is 9.90 Å². The van der Waals surface area contributed by atoms with Gasteiger partial charge in [-0.3, -0.25) is 4.79 Å². The third-order valence-electron chi connectivity index (χ3n) is 3.45. The fourth-order valence-corrected chi connectivity index (χ4v) is 3.07. The van der Waals surface area contributed by atoms with Crippen molar-refractivity contribution in [3.63, 3.8) is 0 Å². The second-order valence-corrected chi connectivity index (χ2v) is 5.43. The molecule has 1 aromatic carbocycles. The number of halogens is 2. The molecule has 0 saturated heterocycles. The van der Waals surface area contributed by atoms with Crippen LogP contribution in [0.3, 0.4) is 0 Å². The van der Waals surface area contributed by atoms with Crippen molar-refractivity contribution in [1.82, 2.24) is 0 Å². The zero-order valence-corrected chi connectivity index (χ0v) is 12.7. The molecule has 21 heavy (non-hydrogen) atoms. The van der Waals surface area contributed by atoms with E-state index in [0.29, 0.717) is 22.7 Å². The first-order chi connectivity index (χ1) is 9.83. The lowest BCUT2D eigenvalue weighted by Gasteiger charge is -2.37. The Morgan fingerprint density at radius 1 is 1.48 bits per heavy atom. The molecule has 0 aromatic heterocycles. The van der Waals surface area contributed by atoms with Gasteiger partial charge in [-0.15, -0.1) is 0 Å². The molecule has 2 unspecified atom stereocenters. The van der Waals surface area contributed by atoms with Gasteiger partial charge in [-0.2, -0.15) is 0 Å². The van der Waals surface area contributed by atoms with Crippen molar-refractivity contribution in [3.8, 4) is 0 Å². The Balaban J connectivity index is 2.77. The van der Waals surface area contributed by atoms with Crippen molar-refractivity contribution >= 4 is 40.8 Å². The first-order valence-corrected chi connectivity index (χ1v) is 6.95. The van der Waals surface area contributed by atoms with Crippen molar-refractivity contribution in [2.45, 2.75) is 24.9 Å². The van der Waals surface area contributed by atoms with Gasteiger partial charge in [0.2, 0.25) is 5.96 Å². The summed E-state index contributed by atoms with van der Waals surface area (Å²) in [6.45, 7) is 1.77. The number of benzene rings is 1. The number of hydrogen-bond acceptors (Lipinski definition) is 5. The summed E-state index contributed by atoms with van der Waals surface area (Å²) < 4.78 is 0. The topological polar surface area (TPSA) is 114 Å². The van der Waals surface area contributed by atoms with E-state index in [4.69, 9.17) is 34.7 Å². The second-order valence-electron chi connectivity index (χ2n) is 4.58. The Morgan fingerprint density at radius 3 is 2.67 bits per heavy atom. The zero-order chi connectivity index (χ0) is 15.8. The molecule has 1 aliphatic rings. The number of aliphatic imine (C=N–C) groups is 2. The normalized spacial score (nSPS) is 25.2. The fourth-order valence-electron chi connectivity index (χ4n) is 2.51. The molecule has 0 fully saturated rings. The average molecular weight is 329 g/mol. The van der Waals surface area contributed by atoms with Crippen molar-refractivity contribution in [2.24, 2.45) is 21.5 Å². The van der Waals surface area contributed by atoms with Crippen LogP contribution >= 0.6 is 23.2 Å². The molecule has 0 bridgehead atoms. The SMILES string of the molecule is CCC1=NC(N)=NC(N)C1(C(=O)O)c1ccc(Cl)cc1Cl. The van der Waals surface area contributed by atoms with E-state index in [1.807, 2.05) is 0 Å². The first kappa shape index (κ1) is 15.8. The predicted molar refractivity (Wildman–Crippen MR) is 83.1 cm³/mol. The number of nitrogens with two attached hydrogens (primary N) is 2. The standard InChI is InChI=1S/C13H14Cl2N4O2/c1-2-9-13(11(20)21,10(16)19-12(17)18-9)7-4-3-6(14)5-8(7)15/h3-5,10H,2,16H2,1H3,(H2,17,19)(H,20,21). The summed E-state index contributed by atoms with van der Waals surface area (Å²) >= 11 is 12.1. The lowest BCUT2D eigenvalue weighted by molar-refractivity contribution is -0.141. The first-order valence-electron chi connectivity index (χ1n) is 6.19. The molecule has 8 heteroatoms. The molecule has 6 nitrogen and oxygen atoms in total. The van der Waals surface area contributed by atoms with Crippen LogP contribution in [0.4, 0.5) is 0 Å². The van der Waals surface area contributed by atoms with Gasteiger partial charge in [0.25, 0.3) is 0 Å². The number of guanidine groups is 1. The summed E-state index contributed by atoms with van der Waals surface area (Å²) in [7, 11) is 0. The summed E-state index contributed by atoms with van der Waals surface area (Å²) in [6.07, 6.45) is -0.782. The van der Waals surface area contributed by atoms with Gasteiger partial charge in [0, 0.05) is 15.8 Å². The molecule has 0 aliphatic carbocycles. The van der Waals surface area contributed by atoms with Crippen LogP contribution < -0.4 is 11.5 Å². The van der Waals surface area contributed by atoms with Crippen LogP contribution in [-0.4, -0.2) is 28.9 Å². The van der Waals surface area contributed by atoms with Gasteiger partial charge < -0.3 is 16.6 Å². The van der Waals surface area contributed by atoms with Gasteiger partial charge >= 0.3 is 5.97 Å². The van der Waals surface area contributed by atoms with E-state index in [1.54, 1.807) is 13.0 Å². The summed E-state index contributed by atoms with van der Waals surface area (Å²) in [4.78, 5) is 20.0. The second kappa shape index (κ2) is 5.63. The molecular formula is C13H14Cl2N4O2. The maximum Gasteiger partial charge on any atom is 0.323 e. The summed E-state index contributed by atoms with van der Waals surface area (Å²) in [6, 6.07) is 4.54. The zero-order valence-electron chi connectivity index (χ0n) is 11.2. The van der Waals surface area contributed by atoms with E-state index in [9.17, 15) is 9.90 Å². The van der Waals surface area contributed by atoms with Crippen molar-refractivity contribution in [3.05, 3.63) is 33.8 Å². The molecule has 5 N–H and O–H groups in total. The monoisotopic (exact) mass is 328 g/mol. The highest BCUT2D eigenvalue weighted by Crippen LogP contribution is 2.38. The largest absolute Gasteiger partial charge is 0.480 e. The van der Waals surface area contributed by atoms with E-state index in [0.717, 1.165) is 0 Å². The van der Waals surface area contributed by atoms with Crippen molar-refractivity contribution in [1.29, 1.82) is 0 Å². The molecule has 1 heterocycles. The van der Waals surface area contributed by atoms with Crippen LogP contribution in [0.2, 0.25) is 10.0 Å². The molecule has 1 aliphatic heterocycles. The minimum Gasteiger partial charge on any atom is -0.480 e. The average Bonchev–Trinajstić information content (AvgIpc) is 2.39. The van der Waals surface area contributed by atoms with Crippen LogP contribution in [0.1, 0.15) is 18.9 Å². The van der Waals surface area contributed by atoms with Gasteiger partial charge in [-0.05, 0) is 24.1 Å². The van der Waals surface area contributed by atoms with Gasteiger partial charge in [0.1, 0.15) is 6.17 Å². The number of nitrogens with zero attached hydrogens (tertiary/aromatic N) is 2. The molecule has 112 valence electrons. The quantitative estimate of drug-likeness (QED) is 0.784. The van der Waals surface area contributed by atoms with E-state index in [1.165, 1.54) is 12.1 Å². The van der Waals surface area contributed by atoms with Crippen LogP contribution in [0.15, 0.2) is 28.2 Å². The number of carboxylic acids is 1. The number of carboxylic acid groups (broad SMARTS) is 1. The Hall–Kier alpha value is -1.63. The summed E-state index contributed by atoms with van der Waals surface area (Å²) in [5.74, 6) is -1.22. The molecule has 0 amide bonds. The molecular weight excluding hydrogens is 315 g/mol. The number of hydrogen-bond donors (Lipinski definition) is 3. The third-order valence-corrected chi connectivity index (χ3v) is 4.00. The van der Waals surface area contributed by atoms with Crippen LogP contribution in [-0.2, 0) is 10.2 Å². The highest BCUT2D eigenvalue weighted by atomic mass is 35.5. The Bertz CT molecular complexity index is 660. The molecule has 0 radical (unpaired) electrons. The molecule has 1 aromatic rings. The van der Waals surface area contributed by atoms with Crippen molar-refractivity contribution in [2.75, 3.05) is 0 Å². The van der Waals surface area contributed by atoms with Crippen LogP contribution in [0.5, 0.6) is 0 Å². The fraction of sp³-hybridized carbons (Fsp3) is 0.308. The van der Waals surface area contributed by atoms with E-state index in [2.05, 4.69) is 9.98 Å². The minimum absolute atomic E-state index is 0.0405. The van der Waals surface area contributed by atoms with Crippen LogP contribution in [0, 0.1) is 0 Å². The minimum atomic E-state index is -1.65. The van der Waals surface area contributed by atoms with Gasteiger partial charge in [-0.1, -0.05) is 36.2 Å².